The lowest BCUT2D eigenvalue weighted by Crippen LogP contribution is -2.36. The van der Waals surface area contributed by atoms with Crippen molar-refractivity contribution in [1.29, 1.82) is 0 Å². The van der Waals surface area contributed by atoms with E-state index in [1.165, 1.54) is 30.9 Å². The van der Waals surface area contributed by atoms with Crippen LogP contribution in [0.1, 0.15) is 24.3 Å². The van der Waals surface area contributed by atoms with Gasteiger partial charge in [-0.1, -0.05) is 0 Å². The van der Waals surface area contributed by atoms with Crippen molar-refractivity contribution in [3.63, 3.8) is 0 Å². The predicted molar refractivity (Wildman–Crippen MR) is 112 cm³/mol. The predicted octanol–water partition coefficient (Wildman–Crippen LogP) is 4.15. The number of carbonyl (C=O) groups is 1. The zero-order valence-corrected chi connectivity index (χ0v) is 17.0. The normalized spacial score (nSPS) is 18.0. The molecule has 0 radical (unpaired) electrons. The molecule has 6 nitrogen and oxygen atoms in total. The molecule has 4 aromatic rings. The fourth-order valence-electron chi connectivity index (χ4n) is 4.43. The second-order valence-electron chi connectivity index (χ2n) is 8.20. The molecule has 1 aliphatic rings. The maximum absolute atomic E-state index is 14.5. The van der Waals surface area contributed by atoms with E-state index < -0.39 is 11.6 Å². The Morgan fingerprint density at radius 2 is 1.78 bits per heavy atom. The molecule has 2 N–H and O–H groups in total. The van der Waals surface area contributed by atoms with Gasteiger partial charge in [-0.05, 0) is 66.1 Å². The first kappa shape index (κ1) is 20.3. The number of carbonyl (C=O) groups excluding carboxylic acids is 1. The Morgan fingerprint density at radius 3 is 2.50 bits per heavy atom. The van der Waals surface area contributed by atoms with Crippen molar-refractivity contribution in [2.75, 3.05) is 6.54 Å². The van der Waals surface area contributed by atoms with E-state index in [9.17, 15) is 18.0 Å². The van der Waals surface area contributed by atoms with Gasteiger partial charge in [0.25, 0.3) is 0 Å². The van der Waals surface area contributed by atoms with Crippen molar-refractivity contribution < 1.29 is 18.0 Å². The molecule has 1 saturated carbocycles. The molecule has 1 amide bonds. The number of nitrogens with one attached hydrogen (secondary N) is 2. The van der Waals surface area contributed by atoms with Crippen LogP contribution < -0.4 is 5.32 Å². The lowest BCUT2D eigenvalue weighted by atomic mass is 9.70. The largest absolute Gasteiger partial charge is 0.354 e. The molecule has 32 heavy (non-hydrogen) atoms. The van der Waals surface area contributed by atoms with Crippen molar-refractivity contribution in [2.24, 2.45) is 5.92 Å². The number of aromatic nitrogens is 4. The number of amides is 1. The van der Waals surface area contributed by atoms with Gasteiger partial charge in [-0.2, -0.15) is 0 Å². The van der Waals surface area contributed by atoms with Crippen LogP contribution in [0.25, 0.3) is 22.2 Å². The lowest BCUT2D eigenvalue weighted by Gasteiger charge is -2.36. The van der Waals surface area contributed by atoms with Crippen molar-refractivity contribution in [3.05, 3.63) is 72.1 Å². The maximum Gasteiger partial charge on any atom is 0.240 e. The molecular formula is C23H20F3N5O. The Bertz CT molecular complexity index is 1260. The smallest absolute Gasteiger partial charge is 0.240 e. The van der Waals surface area contributed by atoms with Crippen molar-refractivity contribution in [3.8, 4) is 11.3 Å². The van der Waals surface area contributed by atoms with Crippen LogP contribution in [0.5, 0.6) is 0 Å². The van der Waals surface area contributed by atoms with Gasteiger partial charge in [0, 0.05) is 18.0 Å². The fourth-order valence-corrected chi connectivity index (χ4v) is 4.43. The molecule has 0 aliphatic heterocycles. The Morgan fingerprint density at radius 1 is 1.06 bits per heavy atom. The molecule has 164 valence electrons. The van der Waals surface area contributed by atoms with Crippen LogP contribution in [0, 0.1) is 23.4 Å². The summed E-state index contributed by atoms with van der Waals surface area (Å²) in [6.45, 7) is 0.674. The summed E-state index contributed by atoms with van der Waals surface area (Å²) in [7, 11) is 0. The molecule has 9 heteroatoms. The highest BCUT2D eigenvalue weighted by Gasteiger charge is 2.34. The van der Waals surface area contributed by atoms with E-state index in [2.05, 4.69) is 20.5 Å². The molecule has 1 aliphatic carbocycles. The molecule has 2 aromatic carbocycles. The quantitative estimate of drug-likeness (QED) is 0.474. The van der Waals surface area contributed by atoms with E-state index in [4.69, 9.17) is 0 Å². The van der Waals surface area contributed by atoms with E-state index >= 15 is 0 Å². The molecular weight excluding hydrogens is 419 g/mol. The summed E-state index contributed by atoms with van der Waals surface area (Å²) in [5.74, 6) is -1.46. The number of H-pyrrole nitrogens is 1. The zero-order chi connectivity index (χ0) is 22.2. The van der Waals surface area contributed by atoms with Crippen LogP contribution in [0.15, 0.2) is 49.1 Å². The molecule has 2 aromatic heterocycles. The van der Waals surface area contributed by atoms with Gasteiger partial charge in [0.05, 0.1) is 11.2 Å². The van der Waals surface area contributed by atoms with E-state index in [1.54, 1.807) is 16.7 Å². The second kappa shape index (κ2) is 8.14. The highest BCUT2D eigenvalue weighted by Crippen LogP contribution is 2.48. The SMILES string of the molecule is O=C(Cn1cnnc1)NC[C@H]1C[C@@H](c2c(-c3ccc(F)cc3)[nH]c3c(F)cc(F)cc32)C1. The topological polar surface area (TPSA) is 75.6 Å². The summed E-state index contributed by atoms with van der Waals surface area (Å²) in [6, 6.07) is 8.13. The van der Waals surface area contributed by atoms with Gasteiger partial charge in [-0.15, -0.1) is 10.2 Å². The summed E-state index contributed by atoms with van der Waals surface area (Å²) in [5.41, 5.74) is 2.45. The third kappa shape index (κ3) is 3.86. The lowest BCUT2D eigenvalue weighted by molar-refractivity contribution is -0.122. The van der Waals surface area contributed by atoms with Gasteiger partial charge in [0.1, 0.15) is 36.7 Å². The monoisotopic (exact) mass is 439 g/mol. The van der Waals surface area contributed by atoms with Gasteiger partial charge >= 0.3 is 0 Å². The minimum absolute atomic E-state index is 0.0738. The number of hydrogen-bond donors (Lipinski definition) is 2. The van der Waals surface area contributed by atoms with Crippen LogP contribution in [0.2, 0.25) is 0 Å². The summed E-state index contributed by atoms with van der Waals surface area (Å²) in [5, 5.41) is 10.7. The van der Waals surface area contributed by atoms with Crippen molar-refractivity contribution in [2.45, 2.75) is 25.3 Å². The summed E-state index contributed by atoms with van der Waals surface area (Å²) in [6.07, 6.45) is 4.49. The van der Waals surface area contributed by atoms with Crippen LogP contribution in [0.3, 0.4) is 0 Å². The molecule has 0 bridgehead atoms. The molecule has 5 rings (SSSR count). The summed E-state index contributed by atoms with van der Waals surface area (Å²) < 4.78 is 43.5. The third-order valence-corrected chi connectivity index (χ3v) is 6.02. The number of hydrogen-bond acceptors (Lipinski definition) is 3. The first-order valence-electron chi connectivity index (χ1n) is 10.3. The average molecular weight is 439 g/mol. The van der Waals surface area contributed by atoms with Gasteiger partial charge in [0.15, 0.2) is 0 Å². The minimum Gasteiger partial charge on any atom is -0.354 e. The standard InChI is InChI=1S/C23H20F3N5O/c24-16-3-1-14(2-4-16)22-21(18-7-17(25)8-19(26)23(18)30-22)15-5-13(6-15)9-27-20(32)10-31-11-28-29-12-31/h1-4,7-8,11-13,15,30H,5-6,9-10H2,(H,27,32)/t13-,15+. The highest BCUT2D eigenvalue weighted by molar-refractivity contribution is 5.92. The molecule has 2 heterocycles. The summed E-state index contributed by atoms with van der Waals surface area (Å²) in [4.78, 5) is 15.2. The van der Waals surface area contributed by atoms with Gasteiger partial charge in [0.2, 0.25) is 5.91 Å². The molecule has 0 unspecified atom stereocenters. The molecule has 0 atom stereocenters. The van der Waals surface area contributed by atoms with Crippen molar-refractivity contribution in [1.82, 2.24) is 25.1 Å². The van der Waals surface area contributed by atoms with Gasteiger partial charge < -0.3 is 14.9 Å². The second-order valence-corrected chi connectivity index (χ2v) is 8.20. The number of fused-ring (bicyclic) bond motifs is 1. The van der Waals surface area contributed by atoms with E-state index in [-0.39, 0.29) is 35.6 Å². The number of aromatic amines is 1. The third-order valence-electron chi connectivity index (χ3n) is 6.02. The van der Waals surface area contributed by atoms with Gasteiger partial charge in [-0.3, -0.25) is 4.79 Å². The Kier molecular flexibility index (Phi) is 5.16. The average Bonchev–Trinajstić information content (AvgIpc) is 3.36. The number of halogens is 3. The first-order chi connectivity index (χ1) is 15.5. The van der Waals surface area contributed by atoms with E-state index in [0.717, 1.165) is 24.5 Å². The van der Waals surface area contributed by atoms with Gasteiger partial charge in [-0.25, -0.2) is 13.2 Å². The van der Waals surface area contributed by atoms with E-state index in [1.807, 2.05) is 0 Å². The van der Waals surface area contributed by atoms with Crippen LogP contribution >= 0.6 is 0 Å². The van der Waals surface area contributed by atoms with Crippen LogP contribution in [-0.4, -0.2) is 32.2 Å². The van der Waals surface area contributed by atoms with Crippen LogP contribution in [0.4, 0.5) is 13.2 Å². The van der Waals surface area contributed by atoms with E-state index in [0.29, 0.717) is 23.2 Å². The number of benzene rings is 2. The minimum atomic E-state index is -0.660. The molecule has 1 fully saturated rings. The maximum atomic E-state index is 14.5. The molecule has 0 spiro atoms. The number of nitrogens with zero attached hydrogens (tertiary/aromatic N) is 3. The fraction of sp³-hybridized carbons (Fsp3) is 0.261. The Balaban J connectivity index is 1.35. The molecule has 0 saturated heterocycles. The van der Waals surface area contributed by atoms with Crippen LogP contribution in [-0.2, 0) is 11.3 Å². The Hall–Kier alpha value is -3.62. The zero-order valence-electron chi connectivity index (χ0n) is 17.0. The van der Waals surface area contributed by atoms with Crippen molar-refractivity contribution >= 4 is 16.8 Å². The highest BCUT2D eigenvalue weighted by atomic mass is 19.1. The number of rotatable bonds is 6. The first-order valence-corrected chi connectivity index (χ1v) is 10.3. The Labute approximate surface area is 181 Å². The summed E-state index contributed by atoms with van der Waals surface area (Å²) >= 11 is 0.